The lowest BCUT2D eigenvalue weighted by Gasteiger charge is -2.10. The van der Waals surface area contributed by atoms with Crippen molar-refractivity contribution in [3.05, 3.63) is 108 Å². The molecule has 0 aliphatic heterocycles. The second kappa shape index (κ2) is 8.85. The van der Waals surface area contributed by atoms with Crippen LogP contribution < -0.4 is 10.6 Å². The highest BCUT2D eigenvalue weighted by Crippen LogP contribution is 2.21. The highest BCUT2D eigenvalue weighted by molar-refractivity contribution is 6.02. The predicted octanol–water partition coefficient (Wildman–Crippen LogP) is 5.50. The van der Waals surface area contributed by atoms with Crippen LogP contribution in [0.3, 0.4) is 0 Å². The molecule has 0 unspecified atom stereocenters. The van der Waals surface area contributed by atoms with Crippen LogP contribution in [0.1, 0.15) is 11.1 Å². The molecular formula is C25H21N3O. The Bertz CT molecular complexity index is 1150. The summed E-state index contributed by atoms with van der Waals surface area (Å²) in [5.74, 6) is 0.693. The van der Waals surface area contributed by atoms with Crippen LogP contribution in [0.2, 0.25) is 0 Å². The van der Waals surface area contributed by atoms with Crippen LogP contribution >= 0.6 is 0 Å². The number of amides is 1. The van der Waals surface area contributed by atoms with Crippen molar-refractivity contribution >= 4 is 34.3 Å². The molecule has 4 heteroatoms. The molecule has 0 atom stereocenters. The number of carbonyl (C=O) groups excluding carboxylic acids is 1. The number of fused-ring (bicyclic) bond motifs is 1. The van der Waals surface area contributed by atoms with Gasteiger partial charge in [-0.2, -0.15) is 0 Å². The van der Waals surface area contributed by atoms with Gasteiger partial charge in [0.15, 0.2) is 0 Å². The van der Waals surface area contributed by atoms with Crippen LogP contribution in [-0.4, -0.2) is 10.9 Å². The van der Waals surface area contributed by atoms with Gasteiger partial charge in [-0.05, 0) is 40.8 Å². The summed E-state index contributed by atoms with van der Waals surface area (Å²) in [5, 5.41) is 8.54. The summed E-state index contributed by atoms with van der Waals surface area (Å²) in [4.78, 5) is 16.7. The van der Waals surface area contributed by atoms with Gasteiger partial charge in [0.1, 0.15) is 5.82 Å². The summed E-state index contributed by atoms with van der Waals surface area (Å²) in [6.45, 7) is 0.616. The van der Waals surface area contributed by atoms with E-state index in [-0.39, 0.29) is 5.91 Å². The fourth-order valence-corrected chi connectivity index (χ4v) is 3.13. The fourth-order valence-electron chi connectivity index (χ4n) is 3.13. The van der Waals surface area contributed by atoms with Crippen molar-refractivity contribution in [3.63, 3.8) is 0 Å². The minimum absolute atomic E-state index is 0.158. The Morgan fingerprint density at radius 2 is 1.72 bits per heavy atom. The van der Waals surface area contributed by atoms with E-state index >= 15 is 0 Å². The van der Waals surface area contributed by atoms with Crippen LogP contribution in [0.4, 0.5) is 11.5 Å². The van der Waals surface area contributed by atoms with Crippen molar-refractivity contribution in [2.75, 3.05) is 10.6 Å². The maximum Gasteiger partial charge on any atom is 0.248 e. The number of pyridine rings is 1. The number of rotatable bonds is 6. The molecular weight excluding hydrogens is 358 g/mol. The maximum absolute atomic E-state index is 12.2. The summed E-state index contributed by atoms with van der Waals surface area (Å²) in [7, 11) is 0. The number of hydrogen-bond donors (Lipinski definition) is 2. The third-order valence-electron chi connectivity index (χ3n) is 4.55. The molecule has 4 nitrogen and oxygen atoms in total. The Hall–Kier alpha value is -3.92. The van der Waals surface area contributed by atoms with Crippen molar-refractivity contribution in [1.82, 2.24) is 4.98 Å². The molecule has 0 aliphatic rings. The average molecular weight is 379 g/mol. The molecule has 0 aliphatic carbocycles. The average Bonchev–Trinajstić information content (AvgIpc) is 2.77. The molecule has 1 aromatic heterocycles. The molecule has 0 fully saturated rings. The second-order valence-corrected chi connectivity index (χ2v) is 6.67. The smallest absolute Gasteiger partial charge is 0.248 e. The van der Waals surface area contributed by atoms with Gasteiger partial charge in [0, 0.05) is 29.9 Å². The first-order chi connectivity index (χ1) is 14.3. The van der Waals surface area contributed by atoms with Gasteiger partial charge in [0.25, 0.3) is 0 Å². The first-order valence-electron chi connectivity index (χ1n) is 9.49. The Labute approximate surface area is 169 Å². The molecule has 1 amide bonds. The van der Waals surface area contributed by atoms with Gasteiger partial charge in [-0.1, -0.05) is 66.7 Å². The molecule has 0 saturated heterocycles. The molecule has 0 spiro atoms. The maximum atomic E-state index is 12.2. The monoisotopic (exact) mass is 379 g/mol. The van der Waals surface area contributed by atoms with Crippen molar-refractivity contribution in [1.29, 1.82) is 0 Å². The van der Waals surface area contributed by atoms with Crippen molar-refractivity contribution in [3.8, 4) is 0 Å². The summed E-state index contributed by atoms with van der Waals surface area (Å²) in [5.41, 5.74) is 2.81. The van der Waals surface area contributed by atoms with Gasteiger partial charge >= 0.3 is 0 Å². The highest BCUT2D eigenvalue weighted by Gasteiger charge is 2.03. The molecule has 4 rings (SSSR count). The third kappa shape index (κ3) is 4.87. The van der Waals surface area contributed by atoms with Crippen LogP contribution in [-0.2, 0) is 11.3 Å². The van der Waals surface area contributed by atoms with Gasteiger partial charge in [-0.3, -0.25) is 4.79 Å². The lowest BCUT2D eigenvalue weighted by Crippen LogP contribution is -2.08. The topological polar surface area (TPSA) is 54.0 Å². The zero-order chi connectivity index (χ0) is 19.9. The number of benzene rings is 3. The van der Waals surface area contributed by atoms with Crippen LogP contribution in [0.5, 0.6) is 0 Å². The molecule has 142 valence electrons. The van der Waals surface area contributed by atoms with Crippen molar-refractivity contribution in [2.45, 2.75) is 6.54 Å². The Balaban J connectivity index is 1.41. The molecule has 0 bridgehead atoms. The molecule has 1 heterocycles. The Morgan fingerprint density at radius 1 is 0.897 bits per heavy atom. The first-order valence-corrected chi connectivity index (χ1v) is 9.49. The van der Waals surface area contributed by atoms with Crippen LogP contribution in [0.15, 0.2) is 97.2 Å². The van der Waals surface area contributed by atoms with Crippen molar-refractivity contribution < 1.29 is 4.79 Å². The van der Waals surface area contributed by atoms with E-state index in [0.717, 1.165) is 33.4 Å². The Kier molecular flexibility index (Phi) is 5.63. The van der Waals surface area contributed by atoms with E-state index < -0.39 is 0 Å². The lowest BCUT2D eigenvalue weighted by molar-refractivity contribution is -0.111. The number of carbonyl (C=O) groups is 1. The molecule has 0 radical (unpaired) electrons. The SMILES string of the molecule is O=C(C=Cc1ccccc1)Nc1cccc(CNc2nccc3ccccc23)c1. The van der Waals surface area contributed by atoms with Crippen LogP contribution in [0, 0.1) is 0 Å². The molecule has 0 saturated carbocycles. The van der Waals surface area contributed by atoms with Gasteiger partial charge in [-0.15, -0.1) is 0 Å². The summed E-state index contributed by atoms with van der Waals surface area (Å²) in [6, 6.07) is 27.7. The zero-order valence-electron chi connectivity index (χ0n) is 15.9. The summed E-state index contributed by atoms with van der Waals surface area (Å²) >= 11 is 0. The number of nitrogens with one attached hydrogen (secondary N) is 2. The van der Waals surface area contributed by atoms with E-state index in [2.05, 4.69) is 27.8 Å². The summed E-state index contributed by atoms with van der Waals surface area (Å²) in [6.07, 6.45) is 5.15. The third-order valence-corrected chi connectivity index (χ3v) is 4.55. The number of aromatic nitrogens is 1. The van der Waals surface area contributed by atoms with Gasteiger partial charge in [-0.25, -0.2) is 4.98 Å². The predicted molar refractivity (Wildman–Crippen MR) is 120 cm³/mol. The normalized spacial score (nSPS) is 10.9. The van der Waals surface area contributed by atoms with Crippen LogP contribution in [0.25, 0.3) is 16.8 Å². The summed E-state index contributed by atoms with van der Waals surface area (Å²) < 4.78 is 0. The van der Waals surface area contributed by atoms with E-state index in [9.17, 15) is 4.79 Å². The lowest BCUT2D eigenvalue weighted by atomic mass is 10.1. The first kappa shape index (κ1) is 18.4. The van der Waals surface area contributed by atoms with E-state index in [4.69, 9.17) is 0 Å². The standard InChI is InChI=1S/C25H21N3O/c29-24(14-13-19-7-2-1-3-8-19)28-22-11-6-9-20(17-22)18-27-25-23-12-5-4-10-21(23)15-16-26-25/h1-17H,18H2,(H,26,27)(H,28,29). The van der Waals surface area contributed by atoms with Gasteiger partial charge in [0.05, 0.1) is 0 Å². The van der Waals surface area contributed by atoms with E-state index in [1.807, 2.05) is 72.8 Å². The Morgan fingerprint density at radius 3 is 2.62 bits per heavy atom. The van der Waals surface area contributed by atoms with E-state index in [0.29, 0.717) is 6.54 Å². The second-order valence-electron chi connectivity index (χ2n) is 6.67. The minimum atomic E-state index is -0.158. The molecule has 29 heavy (non-hydrogen) atoms. The van der Waals surface area contributed by atoms with Gasteiger partial charge in [0.2, 0.25) is 5.91 Å². The van der Waals surface area contributed by atoms with E-state index in [1.165, 1.54) is 0 Å². The molecule has 2 N–H and O–H groups in total. The number of nitrogens with zero attached hydrogens (tertiary/aromatic N) is 1. The molecule has 3 aromatic carbocycles. The molecule has 4 aromatic rings. The number of hydrogen-bond acceptors (Lipinski definition) is 3. The van der Waals surface area contributed by atoms with Gasteiger partial charge < -0.3 is 10.6 Å². The van der Waals surface area contributed by atoms with E-state index in [1.54, 1.807) is 18.3 Å². The van der Waals surface area contributed by atoms with Crippen molar-refractivity contribution in [2.24, 2.45) is 0 Å². The number of anilines is 2. The highest BCUT2D eigenvalue weighted by atomic mass is 16.1. The fraction of sp³-hybridized carbons (Fsp3) is 0.0400. The minimum Gasteiger partial charge on any atom is -0.365 e. The largest absolute Gasteiger partial charge is 0.365 e. The zero-order valence-corrected chi connectivity index (χ0v) is 15.9. The quantitative estimate of drug-likeness (QED) is 0.435.